The van der Waals surface area contributed by atoms with Gasteiger partial charge >= 0.3 is 0 Å². The molecule has 1 atom stereocenters. The van der Waals surface area contributed by atoms with Crippen LogP contribution in [-0.2, 0) is 14.9 Å². The van der Waals surface area contributed by atoms with Crippen LogP contribution >= 0.6 is 0 Å². The summed E-state index contributed by atoms with van der Waals surface area (Å²) in [5.74, 6) is -0.0656. The van der Waals surface area contributed by atoms with Crippen LogP contribution in [0.5, 0.6) is 0 Å². The number of rotatable bonds is 8. The summed E-state index contributed by atoms with van der Waals surface area (Å²) in [6.45, 7) is 5.55. The maximum atomic E-state index is 12.1. The van der Waals surface area contributed by atoms with E-state index in [0.29, 0.717) is 6.61 Å². The van der Waals surface area contributed by atoms with Crippen molar-refractivity contribution < 1.29 is 9.53 Å². The molecule has 126 valence electrons. The lowest BCUT2D eigenvalue weighted by Crippen LogP contribution is -2.40. The molecule has 2 nitrogen and oxygen atoms in total. The highest BCUT2D eigenvalue weighted by Gasteiger charge is 2.48. The van der Waals surface area contributed by atoms with Crippen LogP contribution in [0.2, 0.25) is 0 Å². The predicted octanol–water partition coefficient (Wildman–Crippen LogP) is 4.99. The molecule has 0 aliphatic heterocycles. The Labute approximate surface area is 144 Å². The Bertz CT molecular complexity index is 659. The number of benzene rings is 2. The van der Waals surface area contributed by atoms with E-state index < -0.39 is 0 Å². The number of ether oxygens (including phenoxy) is 1. The van der Waals surface area contributed by atoms with Gasteiger partial charge in [-0.1, -0.05) is 68.8 Å². The van der Waals surface area contributed by atoms with Gasteiger partial charge in [0.1, 0.15) is 6.29 Å². The molecule has 1 unspecified atom stereocenters. The number of carbonyl (C=O) groups excluding carboxylic acids is 1. The zero-order chi connectivity index (χ0) is 17.0. The van der Waals surface area contributed by atoms with Crippen molar-refractivity contribution in [3.05, 3.63) is 59.7 Å². The lowest BCUT2D eigenvalue weighted by molar-refractivity contribution is -0.113. The highest BCUT2D eigenvalue weighted by atomic mass is 16.5. The number of aldehydes is 1. The van der Waals surface area contributed by atoms with Gasteiger partial charge in [0.05, 0.1) is 12.0 Å². The SMILES string of the molecule is CCCOCC1(C(C=O)CCC)c2ccccc2-c2ccccc21. The van der Waals surface area contributed by atoms with E-state index in [4.69, 9.17) is 4.74 Å². The molecule has 0 N–H and O–H groups in total. The van der Waals surface area contributed by atoms with Crippen LogP contribution in [0, 0.1) is 5.92 Å². The molecule has 2 heteroatoms. The van der Waals surface area contributed by atoms with Gasteiger partial charge in [0, 0.05) is 12.5 Å². The molecule has 0 fully saturated rings. The fraction of sp³-hybridized carbons (Fsp3) is 0.409. The quantitative estimate of drug-likeness (QED) is 0.505. The third kappa shape index (κ3) is 2.59. The molecule has 2 aromatic carbocycles. The molecule has 0 amide bonds. The number of carbonyl (C=O) groups is 1. The maximum Gasteiger partial charge on any atom is 0.124 e. The number of hydrogen-bond acceptors (Lipinski definition) is 2. The Morgan fingerprint density at radius 3 is 2.04 bits per heavy atom. The molecule has 0 heterocycles. The van der Waals surface area contributed by atoms with Crippen LogP contribution in [0.4, 0.5) is 0 Å². The molecule has 0 aromatic heterocycles. The molecule has 0 saturated heterocycles. The second kappa shape index (κ2) is 7.31. The Kier molecular flexibility index (Phi) is 5.15. The van der Waals surface area contributed by atoms with Crippen molar-refractivity contribution in [1.82, 2.24) is 0 Å². The standard InChI is InChI=1S/C22H26O2/c1-3-9-17(15-23)22(16-24-14-4-2)20-12-7-5-10-18(20)19-11-6-8-13-21(19)22/h5-8,10-13,15,17H,3-4,9,14,16H2,1-2H3. The van der Waals surface area contributed by atoms with Crippen LogP contribution in [-0.4, -0.2) is 19.5 Å². The molecular weight excluding hydrogens is 296 g/mol. The van der Waals surface area contributed by atoms with Crippen molar-refractivity contribution in [3.63, 3.8) is 0 Å². The Morgan fingerprint density at radius 1 is 0.958 bits per heavy atom. The molecule has 24 heavy (non-hydrogen) atoms. The monoisotopic (exact) mass is 322 g/mol. The van der Waals surface area contributed by atoms with Crippen LogP contribution in [0.25, 0.3) is 11.1 Å². The number of hydrogen-bond donors (Lipinski definition) is 0. The summed E-state index contributed by atoms with van der Waals surface area (Å²) in [6, 6.07) is 17.0. The first-order chi connectivity index (χ1) is 11.8. The van der Waals surface area contributed by atoms with E-state index in [9.17, 15) is 4.79 Å². The van der Waals surface area contributed by atoms with E-state index in [-0.39, 0.29) is 11.3 Å². The molecule has 1 aliphatic rings. The van der Waals surface area contributed by atoms with E-state index in [1.54, 1.807) is 0 Å². The number of fused-ring (bicyclic) bond motifs is 3. The molecule has 0 bridgehead atoms. The van der Waals surface area contributed by atoms with Gasteiger partial charge in [0.2, 0.25) is 0 Å². The average Bonchev–Trinajstić information content (AvgIpc) is 2.91. The second-order valence-corrected chi connectivity index (χ2v) is 6.65. The van der Waals surface area contributed by atoms with Gasteiger partial charge in [-0.2, -0.15) is 0 Å². The minimum absolute atomic E-state index is 0.0656. The van der Waals surface area contributed by atoms with Crippen molar-refractivity contribution >= 4 is 6.29 Å². The van der Waals surface area contributed by atoms with E-state index in [0.717, 1.165) is 32.2 Å². The Morgan fingerprint density at radius 2 is 1.54 bits per heavy atom. The molecule has 0 saturated carbocycles. The van der Waals surface area contributed by atoms with Crippen molar-refractivity contribution in [2.75, 3.05) is 13.2 Å². The Balaban J connectivity index is 2.21. The highest BCUT2D eigenvalue weighted by Crippen LogP contribution is 2.53. The summed E-state index contributed by atoms with van der Waals surface area (Å²) >= 11 is 0. The van der Waals surface area contributed by atoms with Crippen LogP contribution in [0.1, 0.15) is 44.2 Å². The average molecular weight is 322 g/mol. The molecule has 0 radical (unpaired) electrons. The first-order valence-corrected chi connectivity index (χ1v) is 9.02. The third-order valence-electron chi connectivity index (χ3n) is 5.18. The summed E-state index contributed by atoms with van der Waals surface area (Å²) in [7, 11) is 0. The summed E-state index contributed by atoms with van der Waals surface area (Å²) < 4.78 is 6.05. The lowest BCUT2D eigenvalue weighted by atomic mass is 9.68. The summed E-state index contributed by atoms with van der Waals surface area (Å²) in [4.78, 5) is 12.1. The van der Waals surface area contributed by atoms with Crippen molar-refractivity contribution in [2.24, 2.45) is 5.92 Å². The fourth-order valence-corrected chi connectivity index (χ4v) is 4.14. The highest BCUT2D eigenvalue weighted by molar-refractivity contribution is 5.83. The minimum Gasteiger partial charge on any atom is -0.380 e. The molecule has 1 aliphatic carbocycles. The summed E-state index contributed by atoms with van der Waals surface area (Å²) in [5.41, 5.74) is 4.62. The van der Waals surface area contributed by atoms with E-state index in [2.05, 4.69) is 62.4 Å². The zero-order valence-corrected chi connectivity index (χ0v) is 14.6. The zero-order valence-electron chi connectivity index (χ0n) is 14.6. The van der Waals surface area contributed by atoms with Crippen LogP contribution in [0.3, 0.4) is 0 Å². The first kappa shape index (κ1) is 16.9. The van der Waals surface area contributed by atoms with Crippen LogP contribution in [0.15, 0.2) is 48.5 Å². The Hall–Kier alpha value is -1.93. The summed E-state index contributed by atoms with van der Waals surface area (Å²) in [6.07, 6.45) is 4.00. The van der Waals surface area contributed by atoms with Gasteiger partial charge in [-0.3, -0.25) is 0 Å². The van der Waals surface area contributed by atoms with Crippen molar-refractivity contribution in [1.29, 1.82) is 0 Å². The molecular formula is C22H26O2. The third-order valence-corrected chi connectivity index (χ3v) is 5.18. The summed E-state index contributed by atoms with van der Waals surface area (Å²) in [5, 5.41) is 0. The fourth-order valence-electron chi connectivity index (χ4n) is 4.14. The van der Waals surface area contributed by atoms with Crippen LogP contribution < -0.4 is 0 Å². The first-order valence-electron chi connectivity index (χ1n) is 9.02. The van der Waals surface area contributed by atoms with Crippen molar-refractivity contribution in [3.8, 4) is 11.1 Å². The molecule has 2 aromatic rings. The van der Waals surface area contributed by atoms with Gasteiger partial charge in [0.25, 0.3) is 0 Å². The van der Waals surface area contributed by atoms with E-state index in [1.165, 1.54) is 22.3 Å². The second-order valence-electron chi connectivity index (χ2n) is 6.65. The van der Waals surface area contributed by atoms with Crippen molar-refractivity contribution in [2.45, 2.75) is 38.5 Å². The maximum absolute atomic E-state index is 12.1. The van der Waals surface area contributed by atoms with Gasteiger partial charge in [-0.15, -0.1) is 0 Å². The molecule has 0 spiro atoms. The minimum atomic E-state index is -0.361. The van der Waals surface area contributed by atoms with E-state index in [1.807, 2.05) is 0 Å². The van der Waals surface area contributed by atoms with Gasteiger partial charge in [0.15, 0.2) is 0 Å². The smallest absolute Gasteiger partial charge is 0.124 e. The van der Waals surface area contributed by atoms with Gasteiger partial charge in [-0.05, 0) is 35.1 Å². The normalized spacial score (nSPS) is 15.6. The van der Waals surface area contributed by atoms with Gasteiger partial charge in [-0.25, -0.2) is 0 Å². The largest absolute Gasteiger partial charge is 0.380 e. The van der Waals surface area contributed by atoms with E-state index >= 15 is 0 Å². The molecule has 3 rings (SSSR count). The lowest BCUT2D eigenvalue weighted by Gasteiger charge is -2.37. The predicted molar refractivity (Wildman–Crippen MR) is 98.2 cm³/mol. The topological polar surface area (TPSA) is 26.3 Å². The van der Waals surface area contributed by atoms with Gasteiger partial charge < -0.3 is 9.53 Å².